The molecule has 0 unspecified atom stereocenters. The van der Waals surface area contributed by atoms with Crippen LogP contribution in [0.2, 0.25) is 0 Å². The second-order valence-corrected chi connectivity index (χ2v) is 5.90. The summed E-state index contributed by atoms with van der Waals surface area (Å²) in [5, 5.41) is 2.86. The van der Waals surface area contributed by atoms with E-state index in [1.54, 1.807) is 30.0 Å². The van der Waals surface area contributed by atoms with E-state index in [4.69, 9.17) is 4.74 Å². The van der Waals surface area contributed by atoms with Gasteiger partial charge in [0, 0.05) is 19.2 Å². The van der Waals surface area contributed by atoms with E-state index in [0.29, 0.717) is 25.3 Å². The molecule has 6 nitrogen and oxygen atoms in total. The van der Waals surface area contributed by atoms with E-state index in [2.05, 4.69) is 5.32 Å². The molecule has 2 rings (SSSR count). The number of amides is 2. The number of benzene rings is 1. The van der Waals surface area contributed by atoms with Gasteiger partial charge >= 0.3 is 5.97 Å². The molecule has 1 aromatic carbocycles. The van der Waals surface area contributed by atoms with E-state index >= 15 is 0 Å². The summed E-state index contributed by atoms with van der Waals surface area (Å²) in [5.74, 6) is -0.555. The lowest BCUT2D eigenvalue weighted by Gasteiger charge is -2.33. The van der Waals surface area contributed by atoms with Gasteiger partial charge in [-0.05, 0) is 43.9 Å². The Kier molecular flexibility index (Phi) is 6.35. The molecular formula is C18H24N2O4. The molecule has 0 saturated carbocycles. The van der Waals surface area contributed by atoms with E-state index < -0.39 is 6.04 Å². The Bertz CT molecular complexity index is 615. The van der Waals surface area contributed by atoms with Crippen molar-refractivity contribution in [1.29, 1.82) is 0 Å². The monoisotopic (exact) mass is 332 g/mol. The molecule has 0 aromatic heterocycles. The van der Waals surface area contributed by atoms with Crippen LogP contribution in [0, 0.1) is 0 Å². The van der Waals surface area contributed by atoms with Crippen LogP contribution in [-0.4, -0.2) is 41.9 Å². The van der Waals surface area contributed by atoms with Crippen molar-refractivity contribution in [1.82, 2.24) is 4.90 Å². The highest BCUT2D eigenvalue weighted by Crippen LogP contribution is 2.19. The van der Waals surface area contributed by atoms with Crippen molar-refractivity contribution in [3.8, 4) is 0 Å². The predicted octanol–water partition coefficient (Wildman–Crippen LogP) is 2.13. The molecular weight excluding hydrogens is 308 g/mol. The van der Waals surface area contributed by atoms with Crippen molar-refractivity contribution in [3.63, 3.8) is 0 Å². The Morgan fingerprint density at radius 3 is 2.79 bits per heavy atom. The lowest BCUT2D eigenvalue weighted by atomic mass is 10.0. The molecule has 1 aliphatic heterocycles. The molecule has 1 aromatic rings. The van der Waals surface area contributed by atoms with Crippen molar-refractivity contribution >= 4 is 23.5 Å². The van der Waals surface area contributed by atoms with E-state index in [1.807, 2.05) is 6.07 Å². The highest BCUT2D eigenvalue weighted by molar-refractivity contribution is 5.97. The average Bonchev–Trinajstić information content (AvgIpc) is 2.55. The van der Waals surface area contributed by atoms with Crippen molar-refractivity contribution in [2.24, 2.45) is 0 Å². The Labute approximate surface area is 142 Å². The van der Waals surface area contributed by atoms with Gasteiger partial charge in [-0.1, -0.05) is 12.1 Å². The number of ether oxygens (including phenoxy) is 1. The quantitative estimate of drug-likeness (QED) is 0.838. The number of carbonyl (C=O) groups excluding carboxylic acids is 3. The van der Waals surface area contributed by atoms with Crippen LogP contribution < -0.4 is 5.32 Å². The van der Waals surface area contributed by atoms with E-state index in [-0.39, 0.29) is 24.2 Å². The average molecular weight is 332 g/mol. The molecule has 0 spiro atoms. The number of rotatable bonds is 5. The maximum absolute atomic E-state index is 12.5. The highest BCUT2D eigenvalue weighted by Gasteiger charge is 2.30. The molecule has 0 radical (unpaired) electrons. The number of piperidine rings is 1. The molecule has 1 heterocycles. The summed E-state index contributed by atoms with van der Waals surface area (Å²) in [7, 11) is 0. The van der Waals surface area contributed by atoms with Gasteiger partial charge in [0.05, 0.1) is 13.0 Å². The summed E-state index contributed by atoms with van der Waals surface area (Å²) in [6.07, 6.45) is 2.71. The van der Waals surface area contributed by atoms with E-state index in [9.17, 15) is 14.4 Å². The zero-order valence-corrected chi connectivity index (χ0v) is 14.2. The number of esters is 1. The first-order chi connectivity index (χ1) is 11.5. The fraction of sp³-hybridized carbons (Fsp3) is 0.500. The second kappa shape index (κ2) is 8.47. The Balaban J connectivity index is 2.03. The SMILES string of the molecule is CCOC(=O)Cc1cccc(NC(=O)[C@@H]2CCCCN2C(C)=O)c1. The molecule has 0 aliphatic carbocycles. The molecule has 24 heavy (non-hydrogen) atoms. The minimum Gasteiger partial charge on any atom is -0.466 e. The Morgan fingerprint density at radius 1 is 1.29 bits per heavy atom. The van der Waals surface area contributed by atoms with Gasteiger partial charge in [-0.15, -0.1) is 0 Å². The Hall–Kier alpha value is -2.37. The van der Waals surface area contributed by atoms with Gasteiger partial charge in [0.1, 0.15) is 6.04 Å². The number of carbonyl (C=O) groups is 3. The third-order valence-corrected chi connectivity index (χ3v) is 4.06. The molecule has 2 amide bonds. The van der Waals surface area contributed by atoms with Gasteiger partial charge in [-0.25, -0.2) is 0 Å². The zero-order valence-electron chi connectivity index (χ0n) is 14.2. The second-order valence-electron chi connectivity index (χ2n) is 5.90. The van der Waals surface area contributed by atoms with Gasteiger partial charge in [-0.2, -0.15) is 0 Å². The number of anilines is 1. The van der Waals surface area contributed by atoms with Crippen LogP contribution >= 0.6 is 0 Å². The topological polar surface area (TPSA) is 75.7 Å². The van der Waals surface area contributed by atoms with Crippen LogP contribution in [0.25, 0.3) is 0 Å². The van der Waals surface area contributed by atoms with Crippen LogP contribution in [0.5, 0.6) is 0 Å². The number of hydrogen-bond acceptors (Lipinski definition) is 4. The number of likely N-dealkylation sites (tertiary alicyclic amines) is 1. The van der Waals surface area contributed by atoms with Crippen molar-refractivity contribution in [3.05, 3.63) is 29.8 Å². The first-order valence-corrected chi connectivity index (χ1v) is 8.34. The van der Waals surface area contributed by atoms with Gasteiger partial charge in [-0.3, -0.25) is 14.4 Å². The largest absolute Gasteiger partial charge is 0.466 e. The first kappa shape index (κ1) is 18.0. The van der Waals surface area contributed by atoms with Gasteiger partial charge < -0.3 is 15.0 Å². The third-order valence-electron chi connectivity index (χ3n) is 4.06. The minimum atomic E-state index is -0.426. The van der Waals surface area contributed by atoms with E-state index in [1.165, 1.54) is 6.92 Å². The molecule has 1 fully saturated rings. The number of hydrogen-bond donors (Lipinski definition) is 1. The summed E-state index contributed by atoms with van der Waals surface area (Å²) in [6.45, 7) is 4.22. The predicted molar refractivity (Wildman–Crippen MR) is 90.4 cm³/mol. The zero-order chi connectivity index (χ0) is 17.5. The summed E-state index contributed by atoms with van der Waals surface area (Å²) in [6, 6.07) is 6.71. The summed E-state index contributed by atoms with van der Waals surface area (Å²) < 4.78 is 4.93. The maximum atomic E-state index is 12.5. The van der Waals surface area contributed by atoms with Crippen LogP contribution in [0.15, 0.2) is 24.3 Å². The number of nitrogens with zero attached hydrogens (tertiary/aromatic N) is 1. The Morgan fingerprint density at radius 2 is 2.08 bits per heavy atom. The van der Waals surface area contributed by atoms with Crippen LogP contribution in [0.4, 0.5) is 5.69 Å². The van der Waals surface area contributed by atoms with Crippen LogP contribution in [0.3, 0.4) is 0 Å². The van der Waals surface area contributed by atoms with E-state index in [0.717, 1.165) is 18.4 Å². The van der Waals surface area contributed by atoms with Gasteiger partial charge in [0.25, 0.3) is 0 Å². The lowest BCUT2D eigenvalue weighted by molar-refractivity contribution is -0.142. The third kappa shape index (κ3) is 4.81. The molecule has 1 atom stereocenters. The summed E-state index contributed by atoms with van der Waals surface area (Å²) >= 11 is 0. The highest BCUT2D eigenvalue weighted by atomic mass is 16.5. The summed E-state index contributed by atoms with van der Waals surface area (Å²) in [5.41, 5.74) is 1.40. The fourth-order valence-electron chi connectivity index (χ4n) is 2.94. The molecule has 6 heteroatoms. The van der Waals surface area contributed by atoms with Gasteiger partial charge in [0.2, 0.25) is 11.8 Å². The van der Waals surface area contributed by atoms with Crippen molar-refractivity contribution < 1.29 is 19.1 Å². The molecule has 130 valence electrons. The van der Waals surface area contributed by atoms with Gasteiger partial charge in [0.15, 0.2) is 0 Å². The van der Waals surface area contributed by atoms with Crippen molar-refractivity contribution in [2.45, 2.75) is 45.6 Å². The standard InChI is InChI=1S/C18H24N2O4/c1-3-24-17(22)12-14-7-6-8-15(11-14)19-18(23)16-9-4-5-10-20(16)13(2)21/h6-8,11,16H,3-5,9-10,12H2,1-2H3,(H,19,23)/t16-/m0/s1. The lowest BCUT2D eigenvalue weighted by Crippen LogP contribution is -2.49. The minimum absolute atomic E-state index is 0.0779. The summed E-state index contributed by atoms with van der Waals surface area (Å²) in [4.78, 5) is 37.4. The maximum Gasteiger partial charge on any atom is 0.310 e. The van der Waals surface area contributed by atoms with Crippen LogP contribution in [0.1, 0.15) is 38.7 Å². The smallest absolute Gasteiger partial charge is 0.310 e. The normalized spacial score (nSPS) is 17.2. The molecule has 0 bridgehead atoms. The fourth-order valence-corrected chi connectivity index (χ4v) is 2.94. The first-order valence-electron chi connectivity index (χ1n) is 8.34. The molecule has 1 saturated heterocycles. The van der Waals surface area contributed by atoms with Crippen molar-refractivity contribution in [2.75, 3.05) is 18.5 Å². The van der Waals surface area contributed by atoms with Crippen LogP contribution in [-0.2, 0) is 25.5 Å². The molecule has 1 aliphatic rings. The molecule has 1 N–H and O–H groups in total. The number of nitrogens with one attached hydrogen (secondary N) is 1.